The van der Waals surface area contributed by atoms with Crippen LogP contribution in [0.4, 0.5) is 0 Å². The summed E-state index contributed by atoms with van der Waals surface area (Å²) in [5, 5.41) is 4.34. The molecule has 1 fully saturated rings. The highest BCUT2D eigenvalue weighted by molar-refractivity contribution is 5.82. The molecule has 1 aromatic heterocycles. The van der Waals surface area contributed by atoms with Gasteiger partial charge in [-0.3, -0.25) is 19.2 Å². The molecule has 2 amide bonds. The number of hydrogen-bond donors (Lipinski definition) is 1. The fraction of sp³-hybridized carbons (Fsp3) is 0.421. The number of aryl methyl sites for hydroxylation is 2. The second-order valence-corrected chi connectivity index (χ2v) is 6.80. The van der Waals surface area contributed by atoms with Crippen molar-refractivity contribution in [3.05, 3.63) is 53.3 Å². The molecular weight excluding hydrogens is 330 g/mol. The predicted molar refractivity (Wildman–Crippen MR) is 98.1 cm³/mol. The van der Waals surface area contributed by atoms with Gasteiger partial charge in [0.05, 0.1) is 5.69 Å². The number of benzene rings is 1. The Bertz CT molecular complexity index is 786. The molecule has 0 unspecified atom stereocenters. The van der Waals surface area contributed by atoms with Gasteiger partial charge in [0, 0.05) is 31.9 Å². The number of rotatable bonds is 5. The molecule has 0 radical (unpaired) electrons. The molecule has 1 aliphatic heterocycles. The minimum Gasteiger partial charge on any atom is -0.368 e. The second kappa shape index (κ2) is 7.70. The van der Waals surface area contributed by atoms with Crippen LogP contribution >= 0.6 is 0 Å². The molecule has 26 heavy (non-hydrogen) atoms. The van der Waals surface area contributed by atoms with Gasteiger partial charge in [-0.05, 0) is 25.5 Å². The summed E-state index contributed by atoms with van der Waals surface area (Å²) in [5.74, 6) is -0.439. The summed E-state index contributed by atoms with van der Waals surface area (Å²) in [6.07, 6.45) is 0. The molecule has 138 valence electrons. The molecule has 1 saturated heterocycles. The van der Waals surface area contributed by atoms with E-state index in [9.17, 15) is 9.59 Å². The lowest BCUT2D eigenvalue weighted by Gasteiger charge is -2.40. The minimum atomic E-state index is -0.478. The molecule has 7 heteroatoms. The average molecular weight is 355 g/mol. The van der Waals surface area contributed by atoms with E-state index < -0.39 is 11.9 Å². The zero-order valence-corrected chi connectivity index (χ0v) is 15.3. The summed E-state index contributed by atoms with van der Waals surface area (Å²) in [7, 11) is 0. The number of nitrogens with zero attached hydrogens (tertiary/aromatic N) is 4. The van der Waals surface area contributed by atoms with E-state index >= 15 is 0 Å². The van der Waals surface area contributed by atoms with Crippen molar-refractivity contribution in [2.24, 2.45) is 5.73 Å². The van der Waals surface area contributed by atoms with Crippen LogP contribution in [0.3, 0.4) is 0 Å². The SMILES string of the molecule is Cc1cc(C)n(CC(=O)N2CCN(Cc3ccccc3)[C@H](C(N)=O)C2)n1. The third kappa shape index (κ3) is 4.11. The first-order chi connectivity index (χ1) is 12.4. The number of aromatic nitrogens is 2. The highest BCUT2D eigenvalue weighted by atomic mass is 16.2. The number of nitrogens with two attached hydrogens (primary N) is 1. The van der Waals surface area contributed by atoms with E-state index in [0.717, 1.165) is 17.0 Å². The van der Waals surface area contributed by atoms with Crippen molar-refractivity contribution in [3.63, 3.8) is 0 Å². The number of amides is 2. The van der Waals surface area contributed by atoms with E-state index in [1.54, 1.807) is 9.58 Å². The summed E-state index contributed by atoms with van der Waals surface area (Å²) < 4.78 is 1.70. The summed E-state index contributed by atoms with van der Waals surface area (Å²) in [6, 6.07) is 11.4. The summed E-state index contributed by atoms with van der Waals surface area (Å²) in [5.41, 5.74) is 8.58. The first-order valence-corrected chi connectivity index (χ1v) is 8.80. The zero-order valence-electron chi connectivity index (χ0n) is 15.3. The molecule has 7 nitrogen and oxygen atoms in total. The maximum atomic E-state index is 12.7. The second-order valence-electron chi connectivity index (χ2n) is 6.80. The van der Waals surface area contributed by atoms with Crippen LogP contribution in [0.1, 0.15) is 17.0 Å². The Kier molecular flexibility index (Phi) is 5.37. The largest absolute Gasteiger partial charge is 0.368 e. The number of hydrogen-bond acceptors (Lipinski definition) is 4. The third-order valence-corrected chi connectivity index (χ3v) is 4.79. The molecule has 2 N–H and O–H groups in total. The van der Waals surface area contributed by atoms with Gasteiger partial charge in [0.15, 0.2) is 0 Å². The molecule has 2 aromatic rings. The Morgan fingerprint density at radius 1 is 1.19 bits per heavy atom. The Morgan fingerprint density at radius 3 is 2.54 bits per heavy atom. The lowest BCUT2D eigenvalue weighted by Crippen LogP contribution is -2.59. The van der Waals surface area contributed by atoms with Gasteiger partial charge < -0.3 is 10.6 Å². The Labute approximate surface area is 153 Å². The van der Waals surface area contributed by atoms with E-state index in [4.69, 9.17) is 5.73 Å². The highest BCUT2D eigenvalue weighted by Gasteiger charge is 2.33. The smallest absolute Gasteiger partial charge is 0.244 e. The normalized spacial score (nSPS) is 18.1. The van der Waals surface area contributed by atoms with E-state index in [-0.39, 0.29) is 12.5 Å². The molecular formula is C19H25N5O2. The van der Waals surface area contributed by atoms with Crippen LogP contribution in [0.5, 0.6) is 0 Å². The summed E-state index contributed by atoms with van der Waals surface area (Å²) >= 11 is 0. The molecule has 0 aliphatic carbocycles. The molecule has 1 aliphatic rings. The van der Waals surface area contributed by atoms with E-state index in [1.807, 2.05) is 55.1 Å². The Hall–Kier alpha value is -2.67. The van der Waals surface area contributed by atoms with Gasteiger partial charge >= 0.3 is 0 Å². The molecule has 3 rings (SSSR count). The van der Waals surface area contributed by atoms with Crippen LogP contribution in [0.2, 0.25) is 0 Å². The van der Waals surface area contributed by atoms with Crippen molar-refractivity contribution in [3.8, 4) is 0 Å². The molecule has 1 aromatic carbocycles. The van der Waals surface area contributed by atoms with E-state index in [1.165, 1.54) is 0 Å². The quantitative estimate of drug-likeness (QED) is 0.856. The van der Waals surface area contributed by atoms with Crippen molar-refractivity contribution in [2.45, 2.75) is 33.0 Å². The van der Waals surface area contributed by atoms with Gasteiger partial charge in [-0.2, -0.15) is 5.10 Å². The first-order valence-electron chi connectivity index (χ1n) is 8.80. The maximum Gasteiger partial charge on any atom is 0.244 e. The average Bonchev–Trinajstić information content (AvgIpc) is 2.93. The molecule has 1 atom stereocenters. The molecule has 0 saturated carbocycles. The van der Waals surface area contributed by atoms with Crippen molar-refractivity contribution in [1.29, 1.82) is 0 Å². The molecule has 0 bridgehead atoms. The fourth-order valence-corrected chi connectivity index (χ4v) is 3.39. The number of primary amides is 1. The van der Waals surface area contributed by atoms with E-state index in [0.29, 0.717) is 26.2 Å². The van der Waals surface area contributed by atoms with Gasteiger partial charge in [-0.15, -0.1) is 0 Å². The van der Waals surface area contributed by atoms with Gasteiger partial charge in [0.2, 0.25) is 11.8 Å². The zero-order chi connectivity index (χ0) is 18.7. The number of piperazine rings is 1. The topological polar surface area (TPSA) is 84.5 Å². The minimum absolute atomic E-state index is 0.0400. The first kappa shape index (κ1) is 18.1. The van der Waals surface area contributed by atoms with Crippen LogP contribution in [0.25, 0.3) is 0 Å². The van der Waals surface area contributed by atoms with Gasteiger partial charge in [-0.25, -0.2) is 0 Å². The van der Waals surface area contributed by atoms with Crippen LogP contribution in [0, 0.1) is 13.8 Å². The predicted octanol–water partition coefficient (Wildman–Crippen LogP) is 0.698. The standard InChI is InChI=1S/C19H25N5O2/c1-14-10-15(2)24(21-14)13-18(25)23-9-8-22(17(12-23)19(20)26)11-16-6-4-3-5-7-16/h3-7,10,17H,8-9,11-13H2,1-2H3,(H2,20,26)/t17-/m0/s1. The summed E-state index contributed by atoms with van der Waals surface area (Å²) in [6.45, 7) is 6.18. The number of carbonyl (C=O) groups excluding carboxylic acids is 2. The van der Waals surface area contributed by atoms with Crippen molar-refractivity contribution < 1.29 is 9.59 Å². The summed E-state index contributed by atoms with van der Waals surface area (Å²) in [4.78, 5) is 28.4. The maximum absolute atomic E-state index is 12.7. The molecule has 2 heterocycles. The highest BCUT2D eigenvalue weighted by Crippen LogP contribution is 2.15. The monoisotopic (exact) mass is 355 g/mol. The van der Waals surface area contributed by atoms with Crippen LogP contribution < -0.4 is 5.73 Å². The molecule has 0 spiro atoms. The van der Waals surface area contributed by atoms with Crippen LogP contribution in [-0.2, 0) is 22.7 Å². The third-order valence-electron chi connectivity index (χ3n) is 4.79. The fourth-order valence-electron chi connectivity index (χ4n) is 3.39. The van der Waals surface area contributed by atoms with E-state index in [2.05, 4.69) is 5.10 Å². The van der Waals surface area contributed by atoms with Crippen LogP contribution in [-0.4, -0.2) is 57.1 Å². The van der Waals surface area contributed by atoms with Gasteiger partial charge in [0.1, 0.15) is 12.6 Å². The van der Waals surface area contributed by atoms with Crippen molar-refractivity contribution >= 4 is 11.8 Å². The Morgan fingerprint density at radius 2 is 1.92 bits per heavy atom. The van der Waals surface area contributed by atoms with Gasteiger partial charge in [0.25, 0.3) is 0 Å². The van der Waals surface area contributed by atoms with Crippen molar-refractivity contribution in [1.82, 2.24) is 19.6 Å². The number of carbonyl (C=O) groups is 2. The lowest BCUT2D eigenvalue weighted by molar-refractivity contribution is -0.138. The Balaban J connectivity index is 1.66. The van der Waals surface area contributed by atoms with Gasteiger partial charge in [-0.1, -0.05) is 30.3 Å². The van der Waals surface area contributed by atoms with Crippen LogP contribution in [0.15, 0.2) is 36.4 Å². The lowest BCUT2D eigenvalue weighted by atomic mass is 10.1. The van der Waals surface area contributed by atoms with Crippen molar-refractivity contribution in [2.75, 3.05) is 19.6 Å².